The van der Waals surface area contributed by atoms with Gasteiger partial charge in [0.2, 0.25) is 0 Å². The van der Waals surface area contributed by atoms with Gasteiger partial charge in [-0.15, -0.1) is 0 Å². The summed E-state index contributed by atoms with van der Waals surface area (Å²) >= 11 is 0. The van der Waals surface area contributed by atoms with Crippen LogP contribution in [0.2, 0.25) is 0 Å². The molecule has 0 amide bonds. The molecule has 1 aromatic heterocycles. The van der Waals surface area contributed by atoms with E-state index in [0.717, 1.165) is 30.1 Å². The third kappa shape index (κ3) is 1.98. The summed E-state index contributed by atoms with van der Waals surface area (Å²) in [6.45, 7) is 3.30. The van der Waals surface area contributed by atoms with Gasteiger partial charge in [-0.1, -0.05) is 19.8 Å². The molecule has 18 heavy (non-hydrogen) atoms. The van der Waals surface area contributed by atoms with Crippen LogP contribution < -0.4 is 5.73 Å². The summed E-state index contributed by atoms with van der Waals surface area (Å²) < 4.78 is 2.41. The highest BCUT2D eigenvalue weighted by molar-refractivity contribution is 5.79. The molecule has 0 bridgehead atoms. The molecule has 0 atom stereocenters. The normalized spacial score (nSPS) is 16.7. The Morgan fingerprint density at radius 1 is 1.33 bits per heavy atom. The van der Waals surface area contributed by atoms with Crippen molar-refractivity contribution in [1.82, 2.24) is 9.55 Å². The fourth-order valence-corrected chi connectivity index (χ4v) is 3.12. The van der Waals surface area contributed by atoms with Crippen LogP contribution in [0, 0.1) is 5.92 Å². The number of aryl methyl sites for hydroxylation is 1. The Kier molecular flexibility index (Phi) is 2.98. The molecule has 1 fully saturated rings. The largest absolute Gasteiger partial charge is 0.399 e. The van der Waals surface area contributed by atoms with Gasteiger partial charge in [-0.3, -0.25) is 0 Å². The van der Waals surface area contributed by atoms with Gasteiger partial charge in [0, 0.05) is 18.7 Å². The van der Waals surface area contributed by atoms with Gasteiger partial charge in [0.05, 0.1) is 11.0 Å². The smallest absolute Gasteiger partial charge is 0.109 e. The van der Waals surface area contributed by atoms with Gasteiger partial charge in [0.25, 0.3) is 0 Å². The predicted octanol–water partition coefficient (Wildman–Crippen LogP) is 3.37. The molecule has 0 aliphatic heterocycles. The Morgan fingerprint density at radius 2 is 2.11 bits per heavy atom. The molecular formula is C15H21N3. The number of nitrogens with zero attached hydrogens (tertiary/aromatic N) is 2. The molecule has 0 unspecified atom stereocenters. The molecule has 96 valence electrons. The highest BCUT2D eigenvalue weighted by Gasteiger charge is 2.18. The van der Waals surface area contributed by atoms with Gasteiger partial charge in [0.15, 0.2) is 0 Å². The Hall–Kier alpha value is -1.51. The van der Waals surface area contributed by atoms with Crippen molar-refractivity contribution in [3.8, 4) is 0 Å². The minimum atomic E-state index is 0.802. The van der Waals surface area contributed by atoms with Crippen LogP contribution in [0.15, 0.2) is 18.2 Å². The van der Waals surface area contributed by atoms with Crippen molar-refractivity contribution in [1.29, 1.82) is 0 Å². The highest BCUT2D eigenvalue weighted by atomic mass is 15.1. The third-order valence-electron chi connectivity index (χ3n) is 4.08. The lowest BCUT2D eigenvalue weighted by molar-refractivity contribution is 0.455. The van der Waals surface area contributed by atoms with Crippen LogP contribution in [-0.4, -0.2) is 9.55 Å². The average molecular weight is 243 g/mol. The lowest BCUT2D eigenvalue weighted by atomic mass is 10.1. The fraction of sp³-hybridized carbons (Fsp3) is 0.533. The van der Waals surface area contributed by atoms with E-state index in [-0.39, 0.29) is 0 Å². The van der Waals surface area contributed by atoms with Crippen molar-refractivity contribution in [2.45, 2.75) is 45.6 Å². The van der Waals surface area contributed by atoms with Crippen molar-refractivity contribution < 1.29 is 0 Å². The van der Waals surface area contributed by atoms with E-state index in [2.05, 4.69) is 17.6 Å². The number of rotatable bonds is 3. The first-order chi connectivity index (χ1) is 8.78. The number of benzene rings is 1. The molecule has 0 saturated heterocycles. The van der Waals surface area contributed by atoms with Gasteiger partial charge in [-0.25, -0.2) is 4.98 Å². The molecule has 0 spiro atoms. The van der Waals surface area contributed by atoms with E-state index in [9.17, 15) is 0 Å². The van der Waals surface area contributed by atoms with E-state index in [1.54, 1.807) is 0 Å². The number of imidazole rings is 1. The first kappa shape index (κ1) is 11.6. The molecule has 1 heterocycles. The number of hydrogen-bond acceptors (Lipinski definition) is 2. The van der Waals surface area contributed by atoms with E-state index in [4.69, 9.17) is 10.7 Å². The maximum atomic E-state index is 5.84. The molecule has 1 aliphatic rings. The fourth-order valence-electron chi connectivity index (χ4n) is 3.12. The topological polar surface area (TPSA) is 43.8 Å². The summed E-state index contributed by atoms with van der Waals surface area (Å²) in [5.74, 6) is 2.03. The zero-order valence-corrected chi connectivity index (χ0v) is 11.0. The number of nitrogens with two attached hydrogens (primary N) is 1. The minimum absolute atomic E-state index is 0.802. The van der Waals surface area contributed by atoms with Crippen molar-refractivity contribution in [3.05, 3.63) is 24.0 Å². The Bertz CT molecular complexity index is 550. The van der Waals surface area contributed by atoms with Crippen molar-refractivity contribution >= 4 is 16.7 Å². The van der Waals surface area contributed by atoms with Crippen LogP contribution in [0.5, 0.6) is 0 Å². The first-order valence-electron chi connectivity index (χ1n) is 7.02. The number of anilines is 1. The number of hydrogen-bond donors (Lipinski definition) is 1. The number of nitrogen functional groups attached to an aromatic ring is 1. The van der Waals surface area contributed by atoms with Crippen LogP contribution >= 0.6 is 0 Å². The second kappa shape index (κ2) is 4.63. The van der Waals surface area contributed by atoms with Crippen LogP contribution in [0.1, 0.15) is 38.4 Å². The van der Waals surface area contributed by atoms with Crippen molar-refractivity contribution in [3.63, 3.8) is 0 Å². The van der Waals surface area contributed by atoms with E-state index < -0.39 is 0 Å². The number of aromatic nitrogens is 2. The zero-order valence-electron chi connectivity index (χ0n) is 11.0. The van der Waals surface area contributed by atoms with Crippen LogP contribution in [-0.2, 0) is 13.0 Å². The van der Waals surface area contributed by atoms with Gasteiger partial charge < -0.3 is 10.3 Å². The molecule has 1 aliphatic carbocycles. The summed E-state index contributed by atoms with van der Waals surface area (Å²) in [5, 5.41) is 0. The van der Waals surface area contributed by atoms with E-state index >= 15 is 0 Å². The van der Waals surface area contributed by atoms with Crippen molar-refractivity contribution in [2.24, 2.45) is 5.92 Å². The highest BCUT2D eigenvalue weighted by Crippen LogP contribution is 2.29. The van der Waals surface area contributed by atoms with Gasteiger partial charge in [-0.2, -0.15) is 0 Å². The van der Waals surface area contributed by atoms with Crippen molar-refractivity contribution in [2.75, 3.05) is 5.73 Å². The summed E-state index contributed by atoms with van der Waals surface area (Å²) in [7, 11) is 0. The maximum absolute atomic E-state index is 5.84. The molecular weight excluding hydrogens is 222 g/mol. The zero-order chi connectivity index (χ0) is 12.5. The van der Waals surface area contributed by atoms with E-state index in [0.29, 0.717) is 0 Å². The van der Waals surface area contributed by atoms with Gasteiger partial charge in [-0.05, 0) is 37.0 Å². The first-order valence-corrected chi connectivity index (χ1v) is 7.02. The van der Waals surface area contributed by atoms with Gasteiger partial charge >= 0.3 is 0 Å². The van der Waals surface area contributed by atoms with Crippen LogP contribution in [0.4, 0.5) is 5.69 Å². The molecule has 3 nitrogen and oxygen atoms in total. The predicted molar refractivity (Wildman–Crippen MR) is 75.5 cm³/mol. The molecule has 3 heteroatoms. The average Bonchev–Trinajstić information content (AvgIpc) is 2.97. The summed E-state index contributed by atoms with van der Waals surface area (Å²) in [5.41, 5.74) is 8.93. The minimum Gasteiger partial charge on any atom is -0.399 e. The number of fused-ring (bicyclic) bond motifs is 1. The van der Waals surface area contributed by atoms with Crippen LogP contribution in [0.25, 0.3) is 11.0 Å². The van der Waals surface area contributed by atoms with E-state index in [1.807, 2.05) is 12.1 Å². The lowest BCUT2D eigenvalue weighted by Gasteiger charge is -2.13. The second-order valence-electron chi connectivity index (χ2n) is 5.39. The lowest BCUT2D eigenvalue weighted by Crippen LogP contribution is -2.10. The quantitative estimate of drug-likeness (QED) is 0.840. The third-order valence-corrected chi connectivity index (χ3v) is 4.08. The Morgan fingerprint density at radius 3 is 2.83 bits per heavy atom. The van der Waals surface area contributed by atoms with Gasteiger partial charge in [0.1, 0.15) is 5.82 Å². The summed E-state index contributed by atoms with van der Waals surface area (Å²) in [4.78, 5) is 4.72. The molecule has 2 N–H and O–H groups in total. The molecule has 2 aromatic rings. The van der Waals surface area contributed by atoms with E-state index in [1.165, 1.54) is 37.0 Å². The second-order valence-corrected chi connectivity index (χ2v) is 5.39. The maximum Gasteiger partial charge on any atom is 0.109 e. The molecule has 0 radical (unpaired) electrons. The SMILES string of the molecule is CCc1nc2cc(N)ccc2n1CC1CCCC1. The molecule has 1 saturated carbocycles. The summed E-state index contributed by atoms with van der Waals surface area (Å²) in [6, 6.07) is 6.08. The van der Waals surface area contributed by atoms with Crippen LogP contribution in [0.3, 0.4) is 0 Å². The standard InChI is InChI=1S/C15H21N3/c1-2-15-17-13-9-12(16)7-8-14(13)18(15)10-11-5-3-4-6-11/h7-9,11H,2-6,10,16H2,1H3. The monoisotopic (exact) mass is 243 g/mol. The molecule has 1 aromatic carbocycles. The molecule has 3 rings (SSSR count). The summed E-state index contributed by atoms with van der Waals surface area (Å²) in [6.07, 6.45) is 6.52. The Labute approximate surface area is 108 Å². The Balaban J connectivity index is 2.01.